The molecule has 0 fully saturated rings. The Morgan fingerprint density at radius 1 is 1.56 bits per heavy atom. The summed E-state index contributed by atoms with van der Waals surface area (Å²) in [6, 6.07) is 4.19. The number of nitrogens with zero attached hydrogens (tertiary/aromatic N) is 2. The topological polar surface area (TPSA) is 83.7 Å². The lowest BCUT2D eigenvalue weighted by Crippen LogP contribution is -2.33. The van der Waals surface area contributed by atoms with Gasteiger partial charge in [-0.3, -0.25) is 14.9 Å². The first kappa shape index (κ1) is 14.4. The van der Waals surface area contributed by atoms with Crippen molar-refractivity contribution in [2.75, 3.05) is 19.7 Å². The zero-order valence-corrected chi connectivity index (χ0v) is 10.6. The molecule has 0 bridgehead atoms. The van der Waals surface area contributed by atoms with Crippen molar-refractivity contribution >= 4 is 23.2 Å². The van der Waals surface area contributed by atoms with E-state index in [1.165, 1.54) is 23.1 Å². The lowest BCUT2D eigenvalue weighted by atomic mass is 10.1. The average Bonchev–Trinajstić information content (AvgIpc) is 2.34. The summed E-state index contributed by atoms with van der Waals surface area (Å²) in [6.07, 6.45) is 0. The number of likely N-dealkylation sites (N-methyl/N-ethyl adjacent to an activating group) is 1. The van der Waals surface area contributed by atoms with E-state index in [0.717, 1.165) is 0 Å². The lowest BCUT2D eigenvalue weighted by molar-refractivity contribution is -0.385. The van der Waals surface area contributed by atoms with Gasteiger partial charge in [0, 0.05) is 13.1 Å². The SMILES string of the molecule is CCN(CCO)C(=O)c1cccc(Cl)c1[N+](=O)[O-]. The number of aliphatic hydroxyl groups is 1. The molecule has 1 amide bonds. The molecule has 0 saturated heterocycles. The largest absolute Gasteiger partial charge is 0.395 e. The second-order valence-corrected chi connectivity index (χ2v) is 3.91. The van der Waals surface area contributed by atoms with Crippen LogP contribution in [0.1, 0.15) is 17.3 Å². The summed E-state index contributed by atoms with van der Waals surface area (Å²) >= 11 is 5.73. The van der Waals surface area contributed by atoms with Gasteiger partial charge in [-0.1, -0.05) is 17.7 Å². The highest BCUT2D eigenvalue weighted by atomic mass is 35.5. The van der Waals surface area contributed by atoms with E-state index in [-0.39, 0.29) is 23.7 Å². The molecule has 0 aliphatic heterocycles. The third kappa shape index (κ3) is 2.96. The number of nitro groups is 1. The first-order valence-electron chi connectivity index (χ1n) is 5.36. The van der Waals surface area contributed by atoms with E-state index in [0.29, 0.717) is 6.54 Å². The van der Waals surface area contributed by atoms with E-state index in [2.05, 4.69) is 0 Å². The molecule has 18 heavy (non-hydrogen) atoms. The van der Waals surface area contributed by atoms with E-state index in [1.807, 2.05) is 0 Å². The summed E-state index contributed by atoms with van der Waals surface area (Å²) in [4.78, 5) is 23.7. The van der Waals surface area contributed by atoms with Crippen LogP contribution in [0.5, 0.6) is 0 Å². The van der Waals surface area contributed by atoms with Crippen molar-refractivity contribution in [3.8, 4) is 0 Å². The number of carbonyl (C=O) groups is 1. The van der Waals surface area contributed by atoms with Gasteiger partial charge in [-0.2, -0.15) is 0 Å². The molecule has 7 heteroatoms. The second-order valence-electron chi connectivity index (χ2n) is 3.50. The smallest absolute Gasteiger partial charge is 0.300 e. The van der Waals surface area contributed by atoms with Crippen LogP contribution in [0.4, 0.5) is 5.69 Å². The quantitative estimate of drug-likeness (QED) is 0.653. The number of hydrogen-bond donors (Lipinski definition) is 1. The van der Waals surface area contributed by atoms with E-state index in [1.54, 1.807) is 6.92 Å². The molecule has 0 aliphatic rings. The van der Waals surface area contributed by atoms with Gasteiger partial charge >= 0.3 is 5.69 Å². The number of carbonyl (C=O) groups excluding carboxylic acids is 1. The van der Waals surface area contributed by atoms with Gasteiger partial charge in [0.25, 0.3) is 5.91 Å². The molecule has 0 spiro atoms. The van der Waals surface area contributed by atoms with E-state index in [9.17, 15) is 14.9 Å². The van der Waals surface area contributed by atoms with Crippen LogP contribution in [0.25, 0.3) is 0 Å². The molecule has 0 saturated carbocycles. The fourth-order valence-corrected chi connectivity index (χ4v) is 1.81. The maximum atomic E-state index is 12.1. The summed E-state index contributed by atoms with van der Waals surface area (Å²) in [5, 5.41) is 19.7. The van der Waals surface area contributed by atoms with Crippen LogP contribution in [-0.2, 0) is 0 Å². The van der Waals surface area contributed by atoms with Crippen molar-refractivity contribution in [2.45, 2.75) is 6.92 Å². The molecule has 6 nitrogen and oxygen atoms in total. The van der Waals surface area contributed by atoms with Crippen LogP contribution in [-0.4, -0.2) is 40.5 Å². The molecular formula is C11H13ClN2O4. The molecule has 1 aromatic carbocycles. The number of aliphatic hydroxyl groups excluding tert-OH is 1. The van der Waals surface area contributed by atoms with Crippen LogP contribution >= 0.6 is 11.6 Å². The van der Waals surface area contributed by atoms with Crippen molar-refractivity contribution in [1.82, 2.24) is 4.90 Å². The molecule has 0 radical (unpaired) electrons. The minimum Gasteiger partial charge on any atom is -0.395 e. The first-order chi connectivity index (χ1) is 8.52. The molecule has 1 N–H and O–H groups in total. The number of halogens is 1. The molecule has 1 rings (SSSR count). The summed E-state index contributed by atoms with van der Waals surface area (Å²) in [7, 11) is 0. The Morgan fingerprint density at radius 2 is 2.22 bits per heavy atom. The number of nitro benzene ring substituents is 1. The Kier molecular flexibility index (Phi) is 5.06. The van der Waals surface area contributed by atoms with E-state index >= 15 is 0 Å². The molecule has 98 valence electrons. The van der Waals surface area contributed by atoms with Crippen LogP contribution in [0.2, 0.25) is 5.02 Å². The number of para-hydroxylation sites is 1. The third-order valence-corrected chi connectivity index (χ3v) is 2.74. The standard InChI is InChI=1S/C11H13ClN2O4/c1-2-13(6-7-15)11(16)8-4-3-5-9(12)10(8)14(17)18/h3-5,15H,2,6-7H2,1H3. The number of rotatable bonds is 5. The molecule has 0 heterocycles. The first-order valence-corrected chi connectivity index (χ1v) is 5.73. The molecule has 0 aliphatic carbocycles. The Hall–Kier alpha value is -1.66. The molecule has 0 aromatic heterocycles. The highest BCUT2D eigenvalue weighted by molar-refractivity contribution is 6.33. The van der Waals surface area contributed by atoms with E-state index in [4.69, 9.17) is 16.7 Å². The zero-order chi connectivity index (χ0) is 13.7. The van der Waals surface area contributed by atoms with Gasteiger partial charge in [0.2, 0.25) is 0 Å². The van der Waals surface area contributed by atoms with Gasteiger partial charge in [-0.05, 0) is 19.1 Å². The molecule has 1 aromatic rings. The second kappa shape index (κ2) is 6.32. The number of hydrogen-bond acceptors (Lipinski definition) is 4. The summed E-state index contributed by atoms with van der Waals surface area (Å²) in [5.74, 6) is -0.513. The van der Waals surface area contributed by atoms with Crippen LogP contribution in [0, 0.1) is 10.1 Å². The monoisotopic (exact) mass is 272 g/mol. The predicted molar refractivity (Wildman–Crippen MR) is 66.8 cm³/mol. The average molecular weight is 273 g/mol. The minimum absolute atomic E-state index is 0.0669. The van der Waals surface area contributed by atoms with Crippen LogP contribution in [0.3, 0.4) is 0 Å². The fourth-order valence-electron chi connectivity index (χ4n) is 1.57. The van der Waals surface area contributed by atoms with Gasteiger partial charge in [0.05, 0.1) is 11.5 Å². The minimum atomic E-state index is -0.678. The lowest BCUT2D eigenvalue weighted by Gasteiger charge is -2.19. The summed E-state index contributed by atoms with van der Waals surface area (Å²) in [6.45, 7) is 2.00. The van der Waals surface area contributed by atoms with Crippen molar-refractivity contribution in [1.29, 1.82) is 0 Å². The van der Waals surface area contributed by atoms with E-state index < -0.39 is 16.5 Å². The van der Waals surface area contributed by atoms with Crippen molar-refractivity contribution in [3.63, 3.8) is 0 Å². The van der Waals surface area contributed by atoms with Gasteiger partial charge in [-0.15, -0.1) is 0 Å². The molecular weight excluding hydrogens is 260 g/mol. The Labute approximate surface area is 109 Å². The Balaban J connectivity index is 3.20. The van der Waals surface area contributed by atoms with Crippen molar-refractivity contribution in [2.24, 2.45) is 0 Å². The van der Waals surface area contributed by atoms with Gasteiger partial charge < -0.3 is 10.0 Å². The van der Waals surface area contributed by atoms with Crippen LogP contribution < -0.4 is 0 Å². The predicted octanol–water partition coefficient (Wildman–Crippen LogP) is 1.70. The maximum absolute atomic E-state index is 12.1. The summed E-state index contributed by atoms with van der Waals surface area (Å²) in [5.41, 5.74) is -0.469. The highest BCUT2D eigenvalue weighted by Crippen LogP contribution is 2.28. The van der Waals surface area contributed by atoms with Crippen molar-refractivity contribution < 1.29 is 14.8 Å². The normalized spacial score (nSPS) is 10.2. The number of benzene rings is 1. The fraction of sp³-hybridized carbons (Fsp3) is 0.364. The van der Waals surface area contributed by atoms with Gasteiger partial charge in [0.1, 0.15) is 10.6 Å². The van der Waals surface area contributed by atoms with Crippen LogP contribution in [0.15, 0.2) is 18.2 Å². The third-order valence-electron chi connectivity index (χ3n) is 2.44. The van der Waals surface area contributed by atoms with Gasteiger partial charge in [0.15, 0.2) is 0 Å². The Morgan fingerprint density at radius 3 is 2.72 bits per heavy atom. The number of amides is 1. The molecule has 0 unspecified atom stereocenters. The molecule has 0 atom stereocenters. The van der Waals surface area contributed by atoms with Gasteiger partial charge in [-0.25, -0.2) is 0 Å². The Bertz CT molecular complexity index is 464. The highest BCUT2D eigenvalue weighted by Gasteiger charge is 2.26. The van der Waals surface area contributed by atoms with Crippen molar-refractivity contribution in [3.05, 3.63) is 38.9 Å². The zero-order valence-electron chi connectivity index (χ0n) is 9.80. The maximum Gasteiger partial charge on any atom is 0.300 e. The summed E-state index contributed by atoms with van der Waals surface area (Å²) < 4.78 is 0.